The van der Waals surface area contributed by atoms with E-state index in [1.807, 2.05) is 0 Å². The predicted molar refractivity (Wildman–Crippen MR) is 114 cm³/mol. The van der Waals surface area contributed by atoms with E-state index in [-0.39, 0.29) is 34.1 Å². The van der Waals surface area contributed by atoms with Crippen LogP contribution in [0.2, 0.25) is 5.02 Å². The number of terminal acetylenes is 1. The molecule has 1 fully saturated rings. The highest BCUT2D eigenvalue weighted by atomic mass is 35.5. The van der Waals surface area contributed by atoms with E-state index < -0.39 is 42.1 Å². The smallest absolute Gasteiger partial charge is 0.303 e. The first-order valence-corrected chi connectivity index (χ1v) is 10.1. The van der Waals surface area contributed by atoms with Gasteiger partial charge >= 0.3 is 11.9 Å². The Labute approximate surface area is 191 Å². The number of anilines is 2. The van der Waals surface area contributed by atoms with E-state index in [4.69, 9.17) is 27.5 Å². The highest BCUT2D eigenvalue weighted by molar-refractivity contribution is 6.30. The molecule has 1 aliphatic rings. The molecule has 0 saturated carbocycles. The van der Waals surface area contributed by atoms with Gasteiger partial charge in [0.1, 0.15) is 24.5 Å². The second-order valence-corrected chi connectivity index (χ2v) is 7.68. The molecule has 10 nitrogen and oxygen atoms in total. The molecule has 2 aromatic heterocycles. The summed E-state index contributed by atoms with van der Waals surface area (Å²) < 4.78 is 26.9. The Morgan fingerprint density at radius 2 is 2.18 bits per heavy atom. The molecule has 0 unspecified atom stereocenters. The quantitative estimate of drug-likeness (QED) is 0.410. The van der Waals surface area contributed by atoms with Crippen molar-refractivity contribution < 1.29 is 28.6 Å². The van der Waals surface area contributed by atoms with Crippen LogP contribution in [0.3, 0.4) is 0 Å². The van der Waals surface area contributed by atoms with Crippen LogP contribution in [0.15, 0.2) is 30.9 Å². The Balaban J connectivity index is 1.73. The van der Waals surface area contributed by atoms with Crippen LogP contribution in [0.25, 0.3) is 11.2 Å². The van der Waals surface area contributed by atoms with Crippen molar-refractivity contribution in [3.63, 3.8) is 0 Å². The van der Waals surface area contributed by atoms with Gasteiger partial charge in [0.05, 0.1) is 24.4 Å². The summed E-state index contributed by atoms with van der Waals surface area (Å²) in [4.78, 5) is 35.7. The van der Waals surface area contributed by atoms with Crippen molar-refractivity contribution in [3.05, 3.63) is 41.7 Å². The number of nitrogens with zero attached hydrogens (tertiary/aromatic N) is 4. The minimum atomic E-state index is -1.12. The van der Waals surface area contributed by atoms with Crippen LogP contribution in [-0.4, -0.2) is 48.8 Å². The third-order valence-electron chi connectivity index (χ3n) is 5.07. The standard InChI is InChI=1S/C21H17ClFN5O5/c1-3-15-18(32-10(2)29)12(7-16(30)31)21(33-15)28-9-26-17-19(24-8-25-20(17)28)27-14-5-4-11(22)6-13(14)23/h1,4-6,8-9,12,15,18,21H,7H2,2H3,(H,30,31)(H,24,25,27)/t12-,15-,18-,21-/m1/s1. The summed E-state index contributed by atoms with van der Waals surface area (Å²) in [6.45, 7) is 1.20. The van der Waals surface area contributed by atoms with Crippen molar-refractivity contribution in [1.29, 1.82) is 0 Å². The molecule has 1 aromatic carbocycles. The Morgan fingerprint density at radius 1 is 1.39 bits per heavy atom. The largest absolute Gasteiger partial charge is 0.481 e. The van der Waals surface area contributed by atoms with Gasteiger partial charge in [-0.2, -0.15) is 0 Å². The number of rotatable bonds is 6. The third kappa shape index (κ3) is 4.44. The number of ether oxygens (including phenoxy) is 2. The van der Waals surface area contributed by atoms with Crippen LogP contribution in [0.4, 0.5) is 15.9 Å². The summed E-state index contributed by atoms with van der Waals surface area (Å²) in [5, 5.41) is 12.5. The number of esters is 1. The number of carboxylic acid groups (broad SMARTS) is 1. The summed E-state index contributed by atoms with van der Waals surface area (Å²) in [7, 11) is 0. The molecule has 0 aliphatic carbocycles. The van der Waals surface area contributed by atoms with Crippen LogP contribution in [0.1, 0.15) is 19.6 Å². The minimum Gasteiger partial charge on any atom is -0.481 e. The van der Waals surface area contributed by atoms with Crippen molar-refractivity contribution >= 4 is 46.2 Å². The Hall–Kier alpha value is -3.75. The summed E-state index contributed by atoms with van der Waals surface area (Å²) >= 11 is 5.80. The Bertz CT molecular complexity index is 1280. The summed E-state index contributed by atoms with van der Waals surface area (Å²) in [6.07, 6.45) is 4.89. The number of carboxylic acids is 1. The number of fused-ring (bicyclic) bond motifs is 1. The molecule has 0 bridgehead atoms. The lowest BCUT2D eigenvalue weighted by atomic mass is 9.95. The number of hydrogen-bond donors (Lipinski definition) is 2. The van der Waals surface area contributed by atoms with Crippen LogP contribution in [-0.2, 0) is 19.1 Å². The lowest BCUT2D eigenvalue weighted by molar-refractivity contribution is -0.151. The molecular weight excluding hydrogens is 457 g/mol. The molecule has 2 N–H and O–H groups in total. The number of nitrogens with one attached hydrogen (secondary N) is 1. The van der Waals surface area contributed by atoms with Crippen LogP contribution < -0.4 is 5.32 Å². The molecule has 0 amide bonds. The average molecular weight is 474 g/mol. The fourth-order valence-corrected chi connectivity index (χ4v) is 3.89. The normalized spacial score (nSPS) is 22.1. The van der Waals surface area contributed by atoms with E-state index in [1.165, 1.54) is 36.3 Å². The second-order valence-electron chi connectivity index (χ2n) is 7.25. The maximum absolute atomic E-state index is 14.2. The zero-order valence-corrected chi connectivity index (χ0v) is 17.9. The topological polar surface area (TPSA) is 128 Å². The first-order chi connectivity index (χ1) is 15.8. The van der Waals surface area contributed by atoms with Gasteiger partial charge in [-0.3, -0.25) is 14.2 Å². The van der Waals surface area contributed by atoms with Gasteiger partial charge in [-0.15, -0.1) is 6.42 Å². The molecule has 1 saturated heterocycles. The zero-order valence-electron chi connectivity index (χ0n) is 17.1. The molecular formula is C21H17ClFN5O5. The molecule has 170 valence electrons. The molecule has 4 rings (SSSR count). The van der Waals surface area contributed by atoms with Crippen molar-refractivity contribution in [3.8, 4) is 12.3 Å². The number of hydrogen-bond acceptors (Lipinski definition) is 8. The maximum atomic E-state index is 14.2. The van der Waals surface area contributed by atoms with Gasteiger partial charge in [0.2, 0.25) is 0 Å². The van der Waals surface area contributed by atoms with E-state index in [0.29, 0.717) is 0 Å². The van der Waals surface area contributed by atoms with E-state index in [2.05, 4.69) is 26.2 Å². The fraction of sp³-hybridized carbons (Fsp3) is 0.286. The molecule has 0 radical (unpaired) electrons. The summed E-state index contributed by atoms with van der Waals surface area (Å²) in [5.41, 5.74) is 0.677. The van der Waals surface area contributed by atoms with Crippen LogP contribution >= 0.6 is 11.6 Å². The van der Waals surface area contributed by atoms with Gasteiger partial charge in [0.15, 0.2) is 23.1 Å². The maximum Gasteiger partial charge on any atom is 0.303 e. The van der Waals surface area contributed by atoms with Gasteiger partial charge in [-0.05, 0) is 18.2 Å². The molecule has 4 atom stereocenters. The number of halogens is 2. The number of benzene rings is 1. The highest BCUT2D eigenvalue weighted by Crippen LogP contribution is 2.40. The van der Waals surface area contributed by atoms with E-state index >= 15 is 0 Å². The first-order valence-electron chi connectivity index (χ1n) is 9.68. The number of aromatic nitrogens is 4. The van der Waals surface area contributed by atoms with Crippen molar-refractivity contribution in [2.24, 2.45) is 5.92 Å². The van der Waals surface area contributed by atoms with E-state index in [9.17, 15) is 19.1 Å². The van der Waals surface area contributed by atoms with E-state index in [1.54, 1.807) is 0 Å². The summed E-state index contributed by atoms with van der Waals surface area (Å²) in [6, 6.07) is 4.12. The lowest BCUT2D eigenvalue weighted by Crippen LogP contribution is -2.32. The fourth-order valence-electron chi connectivity index (χ4n) is 3.73. The molecule has 12 heteroatoms. The molecule has 1 aliphatic heterocycles. The number of carbonyl (C=O) groups is 2. The number of carbonyl (C=O) groups excluding carboxylic acids is 1. The number of imidazole rings is 1. The lowest BCUT2D eigenvalue weighted by Gasteiger charge is -2.22. The van der Waals surface area contributed by atoms with Crippen molar-refractivity contribution in [2.45, 2.75) is 31.8 Å². The molecule has 0 spiro atoms. The van der Waals surface area contributed by atoms with Crippen molar-refractivity contribution in [2.75, 3.05) is 5.32 Å². The molecule has 3 heterocycles. The van der Waals surface area contributed by atoms with Gasteiger partial charge in [0, 0.05) is 11.9 Å². The van der Waals surface area contributed by atoms with Gasteiger partial charge < -0.3 is 19.9 Å². The monoisotopic (exact) mass is 473 g/mol. The van der Waals surface area contributed by atoms with Crippen LogP contribution in [0.5, 0.6) is 0 Å². The van der Waals surface area contributed by atoms with Crippen molar-refractivity contribution in [1.82, 2.24) is 19.5 Å². The van der Waals surface area contributed by atoms with E-state index in [0.717, 1.165) is 6.07 Å². The third-order valence-corrected chi connectivity index (χ3v) is 5.30. The van der Waals surface area contributed by atoms with Gasteiger partial charge in [-0.25, -0.2) is 19.3 Å². The Kier molecular flexibility index (Phi) is 6.13. The zero-order chi connectivity index (χ0) is 23.7. The first kappa shape index (κ1) is 22.4. The minimum absolute atomic E-state index is 0.122. The molecule has 3 aromatic rings. The summed E-state index contributed by atoms with van der Waals surface area (Å²) in [5.74, 6) is -0.541. The predicted octanol–water partition coefficient (Wildman–Crippen LogP) is 2.92. The van der Waals surface area contributed by atoms with Gasteiger partial charge in [0.25, 0.3) is 0 Å². The second kappa shape index (κ2) is 9.01. The highest BCUT2D eigenvalue weighted by Gasteiger charge is 2.48. The van der Waals surface area contributed by atoms with Gasteiger partial charge in [-0.1, -0.05) is 17.5 Å². The number of aliphatic carboxylic acids is 1. The average Bonchev–Trinajstić information content (AvgIpc) is 3.31. The molecule has 33 heavy (non-hydrogen) atoms. The Morgan fingerprint density at radius 3 is 2.85 bits per heavy atom. The van der Waals surface area contributed by atoms with Crippen LogP contribution in [0, 0.1) is 24.1 Å². The SMILES string of the molecule is C#C[C@H]1O[C@@H](n2cnc3c(Nc4ccc(Cl)cc4F)ncnc32)[C@H](CC(=O)O)[C@H]1OC(C)=O.